The molecular formula is C20H16Cl3NO. The summed E-state index contributed by atoms with van der Waals surface area (Å²) in [6.45, 7) is 0. The van der Waals surface area contributed by atoms with Crippen LogP contribution in [0.1, 0.15) is 22.6 Å². The summed E-state index contributed by atoms with van der Waals surface area (Å²) in [6.07, 6.45) is 3.28. The number of halogens is 3. The maximum Gasteiger partial charge on any atom is 0.125 e. The Morgan fingerprint density at radius 1 is 0.840 bits per heavy atom. The summed E-state index contributed by atoms with van der Waals surface area (Å²) in [5.41, 5.74) is 0.621. The van der Waals surface area contributed by atoms with Gasteiger partial charge in [-0.25, -0.2) is 0 Å². The van der Waals surface area contributed by atoms with Crippen LogP contribution in [0.15, 0.2) is 79.1 Å². The lowest BCUT2D eigenvalue weighted by molar-refractivity contribution is 0.0532. The molecule has 2 aromatic carbocycles. The fourth-order valence-electron chi connectivity index (χ4n) is 3.05. The molecule has 0 amide bonds. The second-order valence-corrected chi connectivity index (χ2v) is 7.34. The largest absolute Gasteiger partial charge is 0.380 e. The standard InChI is InChI=1S/C20H16Cl3NO/c21-17-10-8-15(9-11-17)20(25,16-7-4-12-24-13-16)18(19(22)23)14-5-2-1-3-6-14/h1-13,18-19,25H. The van der Waals surface area contributed by atoms with E-state index in [4.69, 9.17) is 34.8 Å². The topological polar surface area (TPSA) is 33.1 Å². The van der Waals surface area contributed by atoms with Gasteiger partial charge in [-0.05, 0) is 29.3 Å². The highest BCUT2D eigenvalue weighted by Gasteiger charge is 2.44. The first kappa shape index (κ1) is 18.2. The Morgan fingerprint density at radius 2 is 1.52 bits per heavy atom. The predicted octanol–water partition coefficient (Wildman–Crippen LogP) is 5.56. The summed E-state index contributed by atoms with van der Waals surface area (Å²) in [5.74, 6) is -0.595. The second kappa shape index (κ2) is 7.76. The Kier molecular flexibility index (Phi) is 5.65. The third-order valence-corrected chi connectivity index (χ3v) is 5.00. The minimum absolute atomic E-state index is 0.585. The molecule has 0 aliphatic heterocycles. The van der Waals surface area contributed by atoms with Gasteiger partial charge in [0.05, 0.1) is 5.92 Å². The van der Waals surface area contributed by atoms with E-state index in [-0.39, 0.29) is 0 Å². The highest BCUT2D eigenvalue weighted by atomic mass is 35.5. The van der Waals surface area contributed by atoms with E-state index in [0.29, 0.717) is 16.1 Å². The van der Waals surface area contributed by atoms with Crippen LogP contribution < -0.4 is 0 Å². The van der Waals surface area contributed by atoms with Crippen LogP contribution in [0.3, 0.4) is 0 Å². The molecule has 2 nitrogen and oxygen atoms in total. The predicted molar refractivity (Wildman–Crippen MR) is 103 cm³/mol. The van der Waals surface area contributed by atoms with E-state index in [1.807, 2.05) is 36.4 Å². The van der Waals surface area contributed by atoms with Gasteiger partial charge in [0.2, 0.25) is 0 Å². The van der Waals surface area contributed by atoms with Gasteiger partial charge in [-0.3, -0.25) is 4.98 Å². The molecule has 1 aromatic heterocycles. The maximum atomic E-state index is 11.9. The zero-order valence-corrected chi connectivity index (χ0v) is 15.5. The van der Waals surface area contributed by atoms with Gasteiger partial charge in [0.25, 0.3) is 0 Å². The van der Waals surface area contributed by atoms with E-state index < -0.39 is 16.4 Å². The van der Waals surface area contributed by atoms with Crippen molar-refractivity contribution in [1.82, 2.24) is 4.98 Å². The van der Waals surface area contributed by atoms with Crippen LogP contribution in [0.2, 0.25) is 5.02 Å². The minimum Gasteiger partial charge on any atom is -0.380 e. The number of benzene rings is 2. The van der Waals surface area contributed by atoms with Crippen molar-refractivity contribution in [1.29, 1.82) is 0 Å². The molecule has 3 rings (SSSR count). The van der Waals surface area contributed by atoms with Crippen LogP contribution in [0, 0.1) is 0 Å². The molecule has 2 unspecified atom stereocenters. The first-order valence-corrected chi connectivity index (χ1v) is 9.00. The van der Waals surface area contributed by atoms with E-state index in [1.165, 1.54) is 0 Å². The second-order valence-electron chi connectivity index (χ2n) is 5.74. The number of hydrogen-bond acceptors (Lipinski definition) is 2. The Labute approximate surface area is 162 Å². The Balaban J connectivity index is 2.24. The number of rotatable bonds is 5. The lowest BCUT2D eigenvalue weighted by atomic mass is 9.74. The van der Waals surface area contributed by atoms with E-state index >= 15 is 0 Å². The van der Waals surface area contributed by atoms with Crippen molar-refractivity contribution in [3.63, 3.8) is 0 Å². The van der Waals surface area contributed by atoms with Crippen LogP contribution in [-0.2, 0) is 5.60 Å². The van der Waals surface area contributed by atoms with Crippen LogP contribution in [0.4, 0.5) is 0 Å². The van der Waals surface area contributed by atoms with Crippen molar-refractivity contribution in [2.45, 2.75) is 16.4 Å². The minimum atomic E-state index is -1.46. The molecule has 0 radical (unpaired) electrons. The summed E-state index contributed by atoms with van der Waals surface area (Å²) in [6, 6.07) is 20.1. The zero-order valence-electron chi connectivity index (χ0n) is 13.2. The van der Waals surface area contributed by atoms with Crippen LogP contribution in [-0.4, -0.2) is 14.9 Å². The molecule has 0 aliphatic rings. The molecule has 1 heterocycles. The van der Waals surface area contributed by atoms with Crippen LogP contribution in [0.25, 0.3) is 0 Å². The molecule has 0 bridgehead atoms. The van der Waals surface area contributed by atoms with Crippen molar-refractivity contribution in [2.75, 3.05) is 0 Å². The fraction of sp³-hybridized carbons (Fsp3) is 0.150. The van der Waals surface area contributed by atoms with Gasteiger partial charge in [0.1, 0.15) is 10.4 Å². The lowest BCUT2D eigenvalue weighted by Gasteiger charge is -2.38. The Bertz CT molecular complexity index is 809. The maximum absolute atomic E-state index is 11.9. The number of nitrogens with zero attached hydrogens (tertiary/aromatic N) is 1. The van der Waals surface area contributed by atoms with Gasteiger partial charge in [-0.1, -0.05) is 60.1 Å². The lowest BCUT2D eigenvalue weighted by Crippen LogP contribution is -2.38. The Hall–Kier alpha value is -1.58. The van der Waals surface area contributed by atoms with E-state index in [2.05, 4.69) is 4.98 Å². The van der Waals surface area contributed by atoms with Crippen molar-refractivity contribution in [3.05, 3.63) is 101 Å². The van der Waals surface area contributed by atoms with Gasteiger partial charge in [-0.2, -0.15) is 0 Å². The number of aromatic nitrogens is 1. The summed E-state index contributed by atoms with van der Waals surface area (Å²) in [5, 5.41) is 12.5. The molecule has 25 heavy (non-hydrogen) atoms. The van der Waals surface area contributed by atoms with E-state index in [1.54, 1.807) is 42.7 Å². The van der Waals surface area contributed by atoms with Crippen LogP contribution in [0.5, 0.6) is 0 Å². The molecule has 1 N–H and O–H groups in total. The first-order valence-electron chi connectivity index (χ1n) is 7.75. The van der Waals surface area contributed by atoms with Crippen molar-refractivity contribution in [3.8, 4) is 0 Å². The number of pyridine rings is 1. The summed E-state index contributed by atoms with van der Waals surface area (Å²) >= 11 is 18.7. The van der Waals surface area contributed by atoms with E-state index in [9.17, 15) is 5.11 Å². The van der Waals surface area contributed by atoms with Crippen molar-refractivity contribution < 1.29 is 5.11 Å². The molecule has 0 fully saturated rings. The van der Waals surface area contributed by atoms with Gasteiger partial charge in [0, 0.05) is 23.0 Å². The fourth-order valence-corrected chi connectivity index (χ4v) is 3.83. The van der Waals surface area contributed by atoms with Crippen molar-refractivity contribution in [2.24, 2.45) is 0 Å². The summed E-state index contributed by atoms with van der Waals surface area (Å²) < 4.78 is 0. The molecule has 3 aromatic rings. The normalized spacial score (nSPS) is 14.9. The number of alkyl halides is 2. The molecule has 0 saturated carbocycles. The van der Waals surface area contributed by atoms with E-state index in [0.717, 1.165) is 5.56 Å². The molecule has 0 aliphatic carbocycles. The number of aliphatic hydroxyl groups is 1. The van der Waals surface area contributed by atoms with Gasteiger partial charge in [0.15, 0.2) is 0 Å². The number of hydrogen-bond donors (Lipinski definition) is 1. The average molecular weight is 393 g/mol. The van der Waals surface area contributed by atoms with Gasteiger partial charge >= 0.3 is 0 Å². The average Bonchev–Trinajstić information content (AvgIpc) is 2.63. The third kappa shape index (κ3) is 3.68. The summed E-state index contributed by atoms with van der Waals surface area (Å²) in [4.78, 5) is 3.31. The first-order chi connectivity index (χ1) is 12.0. The summed E-state index contributed by atoms with van der Waals surface area (Å²) in [7, 11) is 0. The Morgan fingerprint density at radius 3 is 2.08 bits per heavy atom. The molecule has 0 saturated heterocycles. The van der Waals surface area contributed by atoms with Gasteiger partial charge < -0.3 is 5.11 Å². The molecular weight excluding hydrogens is 377 g/mol. The smallest absolute Gasteiger partial charge is 0.125 e. The van der Waals surface area contributed by atoms with Crippen LogP contribution >= 0.6 is 34.8 Å². The SMILES string of the molecule is OC(c1ccc(Cl)cc1)(c1cccnc1)C(c1ccccc1)C(Cl)Cl. The van der Waals surface area contributed by atoms with Crippen molar-refractivity contribution >= 4 is 34.8 Å². The molecule has 0 spiro atoms. The zero-order chi connectivity index (χ0) is 17.9. The van der Waals surface area contributed by atoms with Gasteiger partial charge in [-0.15, -0.1) is 23.2 Å². The quantitative estimate of drug-likeness (QED) is 0.577. The molecule has 5 heteroatoms. The molecule has 128 valence electrons. The highest BCUT2D eigenvalue weighted by molar-refractivity contribution is 6.44. The third-order valence-electron chi connectivity index (χ3n) is 4.25. The molecule has 2 atom stereocenters. The highest BCUT2D eigenvalue weighted by Crippen LogP contribution is 2.46. The monoisotopic (exact) mass is 391 g/mol.